The highest BCUT2D eigenvalue weighted by Crippen LogP contribution is 2.29. The van der Waals surface area contributed by atoms with Crippen molar-refractivity contribution in [3.63, 3.8) is 0 Å². The van der Waals surface area contributed by atoms with Gasteiger partial charge in [-0.25, -0.2) is 0 Å². The summed E-state index contributed by atoms with van der Waals surface area (Å²) in [6.45, 7) is 8.23. The normalized spacial score (nSPS) is 14.1. The van der Waals surface area contributed by atoms with E-state index in [1.807, 2.05) is 36.1 Å². The summed E-state index contributed by atoms with van der Waals surface area (Å²) in [6.07, 6.45) is 4.05. The van der Waals surface area contributed by atoms with Gasteiger partial charge in [0.2, 0.25) is 5.91 Å². The monoisotopic (exact) mass is 344 g/mol. The Bertz CT molecular complexity index is 673. The fourth-order valence-electron chi connectivity index (χ4n) is 2.82. The smallest absolute Gasteiger partial charge is 0.237 e. The molecule has 1 fully saturated rings. The van der Waals surface area contributed by atoms with E-state index < -0.39 is 0 Å². The van der Waals surface area contributed by atoms with Crippen LogP contribution in [0.4, 0.5) is 0 Å². The molecule has 1 aliphatic rings. The molecule has 128 valence electrons. The van der Waals surface area contributed by atoms with Crippen LogP contribution in [0.15, 0.2) is 46.7 Å². The number of aryl methyl sites for hydroxylation is 1. The van der Waals surface area contributed by atoms with Gasteiger partial charge < -0.3 is 9.32 Å². The van der Waals surface area contributed by atoms with E-state index in [1.165, 1.54) is 4.88 Å². The van der Waals surface area contributed by atoms with Crippen molar-refractivity contribution in [2.75, 3.05) is 13.1 Å². The van der Waals surface area contributed by atoms with Crippen molar-refractivity contribution in [2.24, 2.45) is 0 Å². The van der Waals surface area contributed by atoms with Gasteiger partial charge in [-0.05, 0) is 43.3 Å². The zero-order valence-corrected chi connectivity index (χ0v) is 14.9. The summed E-state index contributed by atoms with van der Waals surface area (Å²) in [4.78, 5) is 18.2. The van der Waals surface area contributed by atoms with Crippen molar-refractivity contribution in [2.45, 2.75) is 38.9 Å². The minimum absolute atomic E-state index is 0.171. The van der Waals surface area contributed by atoms with E-state index in [0.717, 1.165) is 30.9 Å². The van der Waals surface area contributed by atoms with Crippen molar-refractivity contribution in [3.05, 3.63) is 58.7 Å². The summed E-state index contributed by atoms with van der Waals surface area (Å²) in [5.74, 6) is 1.92. The van der Waals surface area contributed by atoms with Crippen LogP contribution in [0.25, 0.3) is 0 Å². The second-order valence-corrected chi connectivity index (χ2v) is 7.34. The van der Waals surface area contributed by atoms with Gasteiger partial charge in [0, 0.05) is 24.0 Å². The number of nitrogens with zero attached hydrogens (tertiary/aromatic N) is 2. The molecular formula is C19H24N2O2S. The lowest BCUT2D eigenvalue weighted by Crippen LogP contribution is -2.41. The van der Waals surface area contributed by atoms with Crippen molar-refractivity contribution < 1.29 is 9.21 Å². The molecule has 0 N–H and O–H groups in total. The molecule has 0 radical (unpaired) electrons. The Kier molecular flexibility index (Phi) is 5.53. The average molecular weight is 344 g/mol. The van der Waals surface area contributed by atoms with Crippen LogP contribution in [0.2, 0.25) is 0 Å². The second kappa shape index (κ2) is 7.81. The van der Waals surface area contributed by atoms with E-state index in [-0.39, 0.29) is 5.91 Å². The fourth-order valence-corrected chi connectivity index (χ4v) is 3.56. The SMILES string of the molecule is C=CCN(CC(=O)N(Cc1ccc(C)o1)C1CC1)Cc1cccs1. The van der Waals surface area contributed by atoms with E-state index >= 15 is 0 Å². The first kappa shape index (κ1) is 17.0. The van der Waals surface area contributed by atoms with Gasteiger partial charge in [-0.15, -0.1) is 17.9 Å². The van der Waals surface area contributed by atoms with Gasteiger partial charge in [-0.3, -0.25) is 9.69 Å². The molecule has 0 saturated heterocycles. The van der Waals surface area contributed by atoms with Crippen LogP contribution in [-0.2, 0) is 17.9 Å². The van der Waals surface area contributed by atoms with Crippen molar-refractivity contribution in [3.8, 4) is 0 Å². The molecule has 2 aromatic rings. The van der Waals surface area contributed by atoms with Crippen LogP contribution < -0.4 is 0 Å². The summed E-state index contributed by atoms with van der Waals surface area (Å²) >= 11 is 1.72. The number of rotatable bonds is 9. The lowest BCUT2D eigenvalue weighted by Gasteiger charge is -2.26. The highest BCUT2D eigenvalue weighted by atomic mass is 32.1. The zero-order chi connectivity index (χ0) is 16.9. The first-order valence-corrected chi connectivity index (χ1v) is 9.24. The molecule has 3 rings (SSSR count). The molecule has 1 saturated carbocycles. The first-order valence-electron chi connectivity index (χ1n) is 8.36. The van der Waals surface area contributed by atoms with Crippen molar-refractivity contribution in [1.82, 2.24) is 9.80 Å². The molecule has 0 aromatic carbocycles. The molecule has 1 aliphatic carbocycles. The molecular weight excluding hydrogens is 320 g/mol. The maximum atomic E-state index is 12.9. The largest absolute Gasteiger partial charge is 0.464 e. The van der Waals surface area contributed by atoms with Crippen molar-refractivity contribution in [1.29, 1.82) is 0 Å². The van der Waals surface area contributed by atoms with Gasteiger partial charge in [0.15, 0.2) is 0 Å². The zero-order valence-electron chi connectivity index (χ0n) is 14.1. The maximum Gasteiger partial charge on any atom is 0.237 e. The Morgan fingerprint density at radius 3 is 2.79 bits per heavy atom. The maximum absolute atomic E-state index is 12.9. The molecule has 0 atom stereocenters. The van der Waals surface area contributed by atoms with Crippen LogP contribution in [0.3, 0.4) is 0 Å². The average Bonchev–Trinajstić information content (AvgIpc) is 3.10. The van der Waals surface area contributed by atoms with Crippen LogP contribution in [0, 0.1) is 6.92 Å². The lowest BCUT2D eigenvalue weighted by atomic mass is 10.3. The number of carbonyl (C=O) groups excluding carboxylic acids is 1. The quantitative estimate of drug-likeness (QED) is 0.649. The third-order valence-corrected chi connectivity index (χ3v) is 5.00. The third kappa shape index (κ3) is 4.58. The fraction of sp³-hybridized carbons (Fsp3) is 0.421. The molecule has 0 spiro atoms. The number of hydrogen-bond acceptors (Lipinski definition) is 4. The Hall–Kier alpha value is -1.85. The van der Waals surface area contributed by atoms with Crippen LogP contribution in [0.1, 0.15) is 29.2 Å². The summed E-state index contributed by atoms with van der Waals surface area (Å²) < 4.78 is 5.66. The number of hydrogen-bond donors (Lipinski definition) is 0. The van der Waals surface area contributed by atoms with Gasteiger partial charge in [0.1, 0.15) is 11.5 Å². The van der Waals surface area contributed by atoms with E-state index in [4.69, 9.17) is 4.42 Å². The van der Waals surface area contributed by atoms with Gasteiger partial charge in [-0.2, -0.15) is 0 Å². The summed E-state index contributed by atoms with van der Waals surface area (Å²) in [7, 11) is 0. The molecule has 2 aromatic heterocycles. The number of furan rings is 1. The number of carbonyl (C=O) groups is 1. The first-order chi connectivity index (χ1) is 11.7. The van der Waals surface area contributed by atoms with E-state index in [0.29, 0.717) is 25.7 Å². The minimum Gasteiger partial charge on any atom is -0.464 e. The molecule has 4 nitrogen and oxygen atoms in total. The summed E-state index contributed by atoms with van der Waals surface area (Å²) in [5, 5.41) is 2.07. The predicted octanol–water partition coefficient (Wildman–Crippen LogP) is 3.83. The molecule has 0 bridgehead atoms. The van der Waals surface area contributed by atoms with E-state index in [9.17, 15) is 4.79 Å². The van der Waals surface area contributed by atoms with Gasteiger partial charge in [0.05, 0.1) is 13.1 Å². The van der Waals surface area contributed by atoms with E-state index in [2.05, 4.69) is 22.9 Å². The number of amides is 1. The minimum atomic E-state index is 0.171. The third-order valence-electron chi connectivity index (χ3n) is 4.14. The highest BCUT2D eigenvalue weighted by molar-refractivity contribution is 7.09. The van der Waals surface area contributed by atoms with Gasteiger partial charge >= 0.3 is 0 Å². The highest BCUT2D eigenvalue weighted by Gasteiger charge is 2.33. The molecule has 1 amide bonds. The second-order valence-electron chi connectivity index (χ2n) is 6.30. The standard InChI is InChI=1S/C19H24N2O2S/c1-3-10-20(13-18-5-4-11-24-18)14-19(22)21(16-7-8-16)12-17-9-6-15(2)23-17/h3-6,9,11,16H,1,7-8,10,12-14H2,2H3. The molecule has 24 heavy (non-hydrogen) atoms. The summed E-state index contributed by atoms with van der Waals surface area (Å²) in [6, 6.07) is 8.44. The Morgan fingerprint density at radius 1 is 1.38 bits per heavy atom. The van der Waals surface area contributed by atoms with Gasteiger partial charge in [-0.1, -0.05) is 12.1 Å². The Balaban J connectivity index is 1.63. The van der Waals surface area contributed by atoms with E-state index in [1.54, 1.807) is 11.3 Å². The lowest BCUT2D eigenvalue weighted by molar-refractivity contribution is -0.133. The molecule has 2 heterocycles. The molecule has 5 heteroatoms. The van der Waals surface area contributed by atoms with Crippen LogP contribution >= 0.6 is 11.3 Å². The van der Waals surface area contributed by atoms with Crippen molar-refractivity contribution >= 4 is 17.2 Å². The molecule has 0 unspecified atom stereocenters. The van der Waals surface area contributed by atoms with Crippen LogP contribution in [0.5, 0.6) is 0 Å². The Labute approximate surface area is 147 Å². The molecule has 0 aliphatic heterocycles. The topological polar surface area (TPSA) is 36.7 Å². The number of thiophene rings is 1. The Morgan fingerprint density at radius 2 is 2.21 bits per heavy atom. The summed E-state index contributed by atoms with van der Waals surface area (Å²) in [5.41, 5.74) is 0. The van der Waals surface area contributed by atoms with Crippen LogP contribution in [-0.4, -0.2) is 34.8 Å². The van der Waals surface area contributed by atoms with Gasteiger partial charge in [0.25, 0.3) is 0 Å². The predicted molar refractivity (Wildman–Crippen MR) is 96.8 cm³/mol.